The van der Waals surface area contributed by atoms with Crippen molar-refractivity contribution >= 4 is 5.91 Å². The zero-order valence-corrected chi connectivity index (χ0v) is 10.9. The summed E-state index contributed by atoms with van der Waals surface area (Å²) in [6, 6.07) is 0.115. The number of halogens is 1. The van der Waals surface area contributed by atoms with E-state index in [0.717, 1.165) is 0 Å². The van der Waals surface area contributed by atoms with E-state index in [4.69, 9.17) is 5.73 Å². The Kier molecular flexibility index (Phi) is 3.62. The van der Waals surface area contributed by atoms with E-state index in [9.17, 15) is 14.3 Å². The Hall–Kier alpha value is -0.720. The summed E-state index contributed by atoms with van der Waals surface area (Å²) < 4.78 is 12.9. The highest BCUT2D eigenvalue weighted by Gasteiger charge is 2.50. The molecule has 2 rings (SSSR count). The first kappa shape index (κ1) is 13.7. The fraction of sp³-hybridized carbons (Fsp3) is 0.917. The maximum atomic E-state index is 12.9. The van der Waals surface area contributed by atoms with Crippen LogP contribution in [0.1, 0.15) is 26.7 Å². The van der Waals surface area contributed by atoms with Crippen LogP contribution >= 0.6 is 0 Å². The molecule has 5 nitrogen and oxygen atoms in total. The van der Waals surface area contributed by atoms with Crippen LogP contribution in [0, 0.1) is 5.92 Å². The van der Waals surface area contributed by atoms with E-state index in [-0.39, 0.29) is 18.5 Å². The minimum absolute atomic E-state index is 0.115. The quantitative estimate of drug-likeness (QED) is 0.600. The number of aliphatic hydroxyl groups is 1. The summed E-state index contributed by atoms with van der Waals surface area (Å²) in [6.45, 7) is 4.62. The summed E-state index contributed by atoms with van der Waals surface area (Å²) in [7, 11) is 0. The highest BCUT2D eigenvalue weighted by atomic mass is 19.1. The van der Waals surface area contributed by atoms with E-state index in [2.05, 4.69) is 5.32 Å². The maximum absolute atomic E-state index is 12.9. The molecule has 2 fully saturated rings. The standard InChI is InChI=1S/C12H22FN3O2/c1-7(2)15-11(18)12(14)3-4-16(6-12)10(17)8-5-9(8)13/h7-9,11,15,18H,3-6,14H2,1-2H3/t8-,9+,11?,12?/m1/s1. The Morgan fingerprint density at radius 1 is 1.61 bits per heavy atom. The number of amides is 1. The number of likely N-dealkylation sites (tertiary alicyclic amines) is 1. The molecule has 2 aliphatic rings. The normalized spacial score (nSPS) is 37.1. The van der Waals surface area contributed by atoms with Gasteiger partial charge < -0.3 is 15.7 Å². The van der Waals surface area contributed by atoms with Crippen LogP contribution in [0.2, 0.25) is 0 Å². The van der Waals surface area contributed by atoms with Crippen LogP contribution in [0.25, 0.3) is 0 Å². The first-order valence-electron chi connectivity index (χ1n) is 6.49. The molecule has 0 radical (unpaired) electrons. The number of carbonyl (C=O) groups excluding carboxylic acids is 1. The number of rotatable bonds is 4. The van der Waals surface area contributed by atoms with Crippen LogP contribution < -0.4 is 11.1 Å². The Bertz CT molecular complexity index is 339. The number of alkyl halides is 1. The lowest BCUT2D eigenvalue weighted by atomic mass is 9.97. The van der Waals surface area contributed by atoms with Gasteiger partial charge in [0.25, 0.3) is 0 Å². The van der Waals surface area contributed by atoms with E-state index < -0.39 is 23.9 Å². The van der Waals surface area contributed by atoms with Crippen molar-refractivity contribution in [3.8, 4) is 0 Å². The molecule has 1 saturated carbocycles. The largest absolute Gasteiger partial charge is 0.377 e. The average Bonchev–Trinajstić information content (AvgIpc) is 2.85. The molecule has 0 aromatic rings. The molecule has 4 N–H and O–H groups in total. The SMILES string of the molecule is CC(C)NC(O)C1(N)CCN(C(=O)[C@@H]2C[C@@H]2F)C1. The third-order valence-electron chi connectivity index (χ3n) is 3.71. The summed E-state index contributed by atoms with van der Waals surface area (Å²) in [5, 5.41) is 13.0. The number of carbonyl (C=O) groups is 1. The van der Waals surface area contributed by atoms with Crippen molar-refractivity contribution in [3.05, 3.63) is 0 Å². The van der Waals surface area contributed by atoms with Gasteiger partial charge in [-0.15, -0.1) is 0 Å². The van der Waals surface area contributed by atoms with Crippen LogP contribution in [0.3, 0.4) is 0 Å². The topological polar surface area (TPSA) is 78.6 Å². The first-order chi connectivity index (χ1) is 8.33. The minimum Gasteiger partial charge on any atom is -0.377 e. The molecule has 1 heterocycles. The number of hydrogen-bond donors (Lipinski definition) is 3. The third-order valence-corrected chi connectivity index (χ3v) is 3.71. The highest BCUT2D eigenvalue weighted by molar-refractivity contribution is 5.82. The summed E-state index contributed by atoms with van der Waals surface area (Å²) in [5.74, 6) is -0.630. The zero-order chi connectivity index (χ0) is 13.5. The van der Waals surface area contributed by atoms with Crippen molar-refractivity contribution in [2.24, 2.45) is 11.7 Å². The molecule has 0 aromatic carbocycles. The summed E-state index contributed by atoms with van der Waals surface area (Å²) >= 11 is 0. The van der Waals surface area contributed by atoms with Gasteiger partial charge in [-0.2, -0.15) is 0 Å². The second kappa shape index (κ2) is 4.75. The van der Waals surface area contributed by atoms with Gasteiger partial charge in [0.15, 0.2) is 0 Å². The second-order valence-electron chi connectivity index (χ2n) is 5.83. The summed E-state index contributed by atoms with van der Waals surface area (Å²) in [6.07, 6.45) is -0.970. The van der Waals surface area contributed by atoms with Crippen LogP contribution in [0.5, 0.6) is 0 Å². The van der Waals surface area contributed by atoms with Gasteiger partial charge in [-0.1, -0.05) is 0 Å². The smallest absolute Gasteiger partial charge is 0.228 e. The van der Waals surface area contributed by atoms with Crippen molar-refractivity contribution in [3.63, 3.8) is 0 Å². The molecule has 2 unspecified atom stereocenters. The van der Waals surface area contributed by atoms with Gasteiger partial charge in [0.05, 0.1) is 11.5 Å². The van der Waals surface area contributed by atoms with Crippen LogP contribution in [-0.4, -0.2) is 53.0 Å². The highest BCUT2D eigenvalue weighted by Crippen LogP contribution is 2.37. The van der Waals surface area contributed by atoms with Crippen molar-refractivity contribution in [2.75, 3.05) is 13.1 Å². The molecule has 1 amide bonds. The van der Waals surface area contributed by atoms with Gasteiger partial charge in [-0.3, -0.25) is 10.1 Å². The predicted octanol–water partition coefficient (Wildman–Crippen LogP) is -0.409. The Labute approximate surface area is 107 Å². The fourth-order valence-electron chi connectivity index (χ4n) is 2.40. The molecule has 104 valence electrons. The molecular weight excluding hydrogens is 237 g/mol. The fourth-order valence-corrected chi connectivity index (χ4v) is 2.40. The molecule has 1 aliphatic heterocycles. The van der Waals surface area contributed by atoms with E-state index in [1.807, 2.05) is 13.8 Å². The van der Waals surface area contributed by atoms with Gasteiger partial charge >= 0.3 is 0 Å². The Morgan fingerprint density at radius 2 is 2.22 bits per heavy atom. The summed E-state index contributed by atoms with van der Waals surface area (Å²) in [5.41, 5.74) is 5.30. The van der Waals surface area contributed by atoms with Crippen molar-refractivity contribution in [2.45, 2.75) is 50.7 Å². The average molecular weight is 259 g/mol. The number of aliphatic hydroxyl groups excluding tert-OH is 1. The number of nitrogens with one attached hydrogen (secondary N) is 1. The van der Waals surface area contributed by atoms with E-state index >= 15 is 0 Å². The van der Waals surface area contributed by atoms with Gasteiger partial charge in [0, 0.05) is 19.1 Å². The van der Waals surface area contributed by atoms with Crippen LogP contribution in [-0.2, 0) is 4.79 Å². The molecular formula is C12H22FN3O2. The monoisotopic (exact) mass is 259 g/mol. The summed E-state index contributed by atoms with van der Waals surface area (Å²) in [4.78, 5) is 13.5. The molecule has 1 aliphatic carbocycles. The van der Waals surface area contributed by atoms with E-state index in [1.165, 1.54) is 0 Å². The lowest BCUT2D eigenvalue weighted by molar-refractivity contribution is -0.132. The van der Waals surface area contributed by atoms with E-state index in [0.29, 0.717) is 19.4 Å². The van der Waals surface area contributed by atoms with Gasteiger partial charge in [-0.25, -0.2) is 4.39 Å². The maximum Gasteiger partial charge on any atom is 0.228 e. The van der Waals surface area contributed by atoms with Crippen LogP contribution in [0.4, 0.5) is 4.39 Å². The molecule has 6 heteroatoms. The molecule has 0 bridgehead atoms. The molecule has 0 spiro atoms. The lowest BCUT2D eigenvalue weighted by Crippen LogP contribution is -2.60. The first-order valence-corrected chi connectivity index (χ1v) is 6.49. The van der Waals surface area contributed by atoms with Crippen molar-refractivity contribution < 1.29 is 14.3 Å². The molecule has 18 heavy (non-hydrogen) atoms. The molecule has 1 saturated heterocycles. The van der Waals surface area contributed by atoms with Gasteiger partial charge in [0.1, 0.15) is 12.4 Å². The third kappa shape index (κ3) is 2.65. The van der Waals surface area contributed by atoms with E-state index in [1.54, 1.807) is 4.90 Å². The zero-order valence-electron chi connectivity index (χ0n) is 10.9. The number of hydrogen-bond acceptors (Lipinski definition) is 4. The lowest BCUT2D eigenvalue weighted by Gasteiger charge is -2.32. The van der Waals surface area contributed by atoms with Gasteiger partial charge in [0.2, 0.25) is 5.91 Å². The predicted molar refractivity (Wildman–Crippen MR) is 65.4 cm³/mol. The Balaban J connectivity index is 1.92. The Morgan fingerprint density at radius 3 is 2.72 bits per heavy atom. The van der Waals surface area contributed by atoms with Gasteiger partial charge in [-0.05, 0) is 26.7 Å². The molecule has 4 atom stereocenters. The second-order valence-corrected chi connectivity index (χ2v) is 5.83. The molecule has 0 aromatic heterocycles. The van der Waals surface area contributed by atoms with Crippen LogP contribution in [0.15, 0.2) is 0 Å². The number of nitrogens with zero attached hydrogens (tertiary/aromatic N) is 1. The minimum atomic E-state index is -0.982. The number of nitrogens with two attached hydrogens (primary N) is 1. The van der Waals surface area contributed by atoms with Crippen molar-refractivity contribution in [1.29, 1.82) is 0 Å². The van der Waals surface area contributed by atoms with Crippen molar-refractivity contribution in [1.82, 2.24) is 10.2 Å².